The molecule has 0 aliphatic carbocycles. The number of aliphatic hydroxyl groups is 1. The molecule has 0 fully saturated rings. The van der Waals surface area contributed by atoms with Crippen LogP contribution < -0.4 is 11.1 Å². The fraction of sp³-hybridized carbons (Fsp3) is 0.562. The number of nitrogens with two attached hydrogens (primary N) is 1. The summed E-state index contributed by atoms with van der Waals surface area (Å²) in [6, 6.07) is 9.32. The smallest absolute Gasteiger partial charge is 0.244 e. The number of carbonyl (C=O) groups is 1. The standard InChI is InChI=1S/C16H26N2O2.ClH/c1-12(19)10-15(2,3)11-18-14(20)16(4,17)13-8-6-5-7-9-13;/h5-9,12,19H,10-11,17H2,1-4H3,(H,18,20);1H. The van der Waals surface area contributed by atoms with E-state index in [-0.39, 0.29) is 29.8 Å². The number of hydrogen-bond donors (Lipinski definition) is 3. The highest BCUT2D eigenvalue weighted by atomic mass is 35.5. The normalized spacial score (nSPS) is 15.5. The lowest BCUT2D eigenvalue weighted by molar-refractivity contribution is -0.126. The van der Waals surface area contributed by atoms with Gasteiger partial charge in [-0.15, -0.1) is 12.4 Å². The molecule has 0 aromatic heterocycles. The second kappa shape index (κ2) is 7.78. The second-order valence-corrected chi connectivity index (χ2v) is 6.47. The van der Waals surface area contributed by atoms with Gasteiger partial charge in [-0.1, -0.05) is 44.2 Å². The van der Waals surface area contributed by atoms with Crippen LogP contribution in [0.5, 0.6) is 0 Å². The third kappa shape index (κ3) is 6.04. The van der Waals surface area contributed by atoms with Crippen molar-refractivity contribution >= 4 is 18.3 Å². The first kappa shape index (κ1) is 19.9. The molecule has 120 valence electrons. The number of hydrogen-bond acceptors (Lipinski definition) is 3. The van der Waals surface area contributed by atoms with Crippen LogP contribution in [0, 0.1) is 5.41 Å². The molecule has 2 unspecified atom stereocenters. The van der Waals surface area contributed by atoms with E-state index in [1.54, 1.807) is 13.8 Å². The summed E-state index contributed by atoms with van der Waals surface area (Å²) >= 11 is 0. The van der Waals surface area contributed by atoms with E-state index in [9.17, 15) is 9.90 Å². The van der Waals surface area contributed by atoms with Crippen LogP contribution in [0.1, 0.15) is 39.7 Å². The summed E-state index contributed by atoms with van der Waals surface area (Å²) in [5.41, 5.74) is 5.71. The fourth-order valence-electron chi connectivity index (χ4n) is 2.29. The maximum atomic E-state index is 12.3. The summed E-state index contributed by atoms with van der Waals surface area (Å²) in [6.07, 6.45) is 0.236. The van der Waals surface area contributed by atoms with E-state index >= 15 is 0 Å². The lowest BCUT2D eigenvalue weighted by Crippen LogP contribution is -2.51. The number of amides is 1. The van der Waals surface area contributed by atoms with Crippen LogP contribution >= 0.6 is 12.4 Å². The summed E-state index contributed by atoms with van der Waals surface area (Å²) < 4.78 is 0. The van der Waals surface area contributed by atoms with E-state index in [0.29, 0.717) is 13.0 Å². The number of benzene rings is 1. The Hall–Kier alpha value is -1.10. The van der Waals surface area contributed by atoms with E-state index in [1.165, 1.54) is 0 Å². The predicted molar refractivity (Wildman–Crippen MR) is 88.3 cm³/mol. The number of aliphatic hydroxyl groups excluding tert-OH is 1. The number of carbonyl (C=O) groups excluding carboxylic acids is 1. The lowest BCUT2D eigenvalue weighted by atomic mass is 9.86. The molecule has 4 N–H and O–H groups in total. The minimum Gasteiger partial charge on any atom is -0.393 e. The van der Waals surface area contributed by atoms with E-state index in [0.717, 1.165) is 5.56 Å². The number of nitrogens with one attached hydrogen (secondary N) is 1. The van der Waals surface area contributed by atoms with Crippen molar-refractivity contribution in [3.05, 3.63) is 35.9 Å². The molecule has 1 rings (SSSR count). The first-order valence-corrected chi connectivity index (χ1v) is 6.96. The van der Waals surface area contributed by atoms with Gasteiger partial charge in [0.2, 0.25) is 5.91 Å². The third-order valence-corrected chi connectivity index (χ3v) is 3.42. The number of halogens is 1. The van der Waals surface area contributed by atoms with Gasteiger partial charge in [-0.3, -0.25) is 4.79 Å². The highest BCUT2D eigenvalue weighted by Gasteiger charge is 2.31. The molecule has 4 nitrogen and oxygen atoms in total. The summed E-state index contributed by atoms with van der Waals surface area (Å²) in [6.45, 7) is 7.96. The second-order valence-electron chi connectivity index (χ2n) is 6.47. The van der Waals surface area contributed by atoms with Crippen LogP contribution in [0.2, 0.25) is 0 Å². The molecule has 21 heavy (non-hydrogen) atoms. The average molecular weight is 315 g/mol. The molecule has 5 heteroatoms. The van der Waals surface area contributed by atoms with Crippen LogP contribution in [0.4, 0.5) is 0 Å². The first-order chi connectivity index (χ1) is 9.15. The summed E-state index contributed by atoms with van der Waals surface area (Å²) in [5, 5.41) is 12.3. The molecule has 0 spiro atoms. The molecule has 0 saturated heterocycles. The van der Waals surface area contributed by atoms with Crippen molar-refractivity contribution in [2.24, 2.45) is 11.1 Å². The molecule has 1 aromatic carbocycles. The Kier molecular flexibility index (Phi) is 7.37. The topological polar surface area (TPSA) is 75.3 Å². The molecular weight excluding hydrogens is 288 g/mol. The molecule has 1 aromatic rings. The van der Waals surface area contributed by atoms with Gasteiger partial charge in [0.25, 0.3) is 0 Å². The quantitative estimate of drug-likeness (QED) is 0.753. The minimum atomic E-state index is -1.05. The molecule has 0 aliphatic heterocycles. The van der Waals surface area contributed by atoms with E-state index in [1.807, 2.05) is 44.2 Å². The maximum Gasteiger partial charge on any atom is 0.244 e. The molecule has 2 atom stereocenters. The van der Waals surface area contributed by atoms with Crippen LogP contribution in [-0.2, 0) is 10.3 Å². The Balaban J connectivity index is 0.00000400. The van der Waals surface area contributed by atoms with Gasteiger partial charge in [-0.2, -0.15) is 0 Å². The van der Waals surface area contributed by atoms with E-state index in [2.05, 4.69) is 5.32 Å². The predicted octanol–water partition coefficient (Wildman–Crippen LogP) is 2.20. The van der Waals surface area contributed by atoms with Crippen molar-refractivity contribution < 1.29 is 9.90 Å². The zero-order valence-corrected chi connectivity index (χ0v) is 14.0. The molecule has 0 aliphatic rings. The minimum absolute atomic E-state index is 0. The SMILES string of the molecule is CC(O)CC(C)(C)CNC(=O)C(C)(N)c1ccccc1.Cl. The Labute approximate surface area is 133 Å². The van der Waals surface area contributed by atoms with Crippen LogP contribution in [0.15, 0.2) is 30.3 Å². The van der Waals surface area contributed by atoms with Gasteiger partial charge in [0.05, 0.1) is 6.10 Å². The zero-order chi connectivity index (χ0) is 15.4. The third-order valence-electron chi connectivity index (χ3n) is 3.42. The molecule has 0 radical (unpaired) electrons. The highest BCUT2D eigenvalue weighted by Crippen LogP contribution is 2.22. The summed E-state index contributed by atoms with van der Waals surface area (Å²) in [4.78, 5) is 12.3. The maximum absolute atomic E-state index is 12.3. The molecule has 0 bridgehead atoms. The van der Waals surface area contributed by atoms with Gasteiger partial charge < -0.3 is 16.2 Å². The van der Waals surface area contributed by atoms with Gasteiger partial charge in [0, 0.05) is 6.54 Å². The molecular formula is C16H27ClN2O2. The van der Waals surface area contributed by atoms with Crippen LogP contribution in [0.25, 0.3) is 0 Å². The van der Waals surface area contributed by atoms with Crippen molar-refractivity contribution in [2.75, 3.05) is 6.54 Å². The molecule has 1 amide bonds. The van der Waals surface area contributed by atoms with E-state index in [4.69, 9.17) is 5.73 Å². The Morgan fingerprint density at radius 3 is 2.29 bits per heavy atom. The Bertz CT molecular complexity index is 445. The monoisotopic (exact) mass is 314 g/mol. The van der Waals surface area contributed by atoms with Gasteiger partial charge in [-0.25, -0.2) is 0 Å². The Morgan fingerprint density at radius 1 is 1.29 bits per heavy atom. The largest absolute Gasteiger partial charge is 0.393 e. The van der Waals surface area contributed by atoms with Crippen molar-refractivity contribution in [1.29, 1.82) is 0 Å². The van der Waals surface area contributed by atoms with Gasteiger partial charge in [0.15, 0.2) is 0 Å². The lowest BCUT2D eigenvalue weighted by Gasteiger charge is -2.30. The van der Waals surface area contributed by atoms with Crippen molar-refractivity contribution in [1.82, 2.24) is 5.32 Å². The van der Waals surface area contributed by atoms with Crippen LogP contribution in [0.3, 0.4) is 0 Å². The van der Waals surface area contributed by atoms with Crippen LogP contribution in [-0.4, -0.2) is 23.7 Å². The van der Waals surface area contributed by atoms with Crippen molar-refractivity contribution in [3.63, 3.8) is 0 Å². The molecule has 0 saturated carbocycles. The van der Waals surface area contributed by atoms with E-state index < -0.39 is 5.54 Å². The number of rotatable bonds is 6. The van der Waals surface area contributed by atoms with Gasteiger partial charge in [-0.05, 0) is 31.2 Å². The van der Waals surface area contributed by atoms with Gasteiger partial charge >= 0.3 is 0 Å². The summed E-state index contributed by atoms with van der Waals surface area (Å²) in [5.74, 6) is -0.206. The fourth-order valence-corrected chi connectivity index (χ4v) is 2.29. The van der Waals surface area contributed by atoms with Gasteiger partial charge in [0.1, 0.15) is 5.54 Å². The van der Waals surface area contributed by atoms with Crippen molar-refractivity contribution in [2.45, 2.75) is 45.8 Å². The average Bonchev–Trinajstić information content (AvgIpc) is 2.35. The zero-order valence-electron chi connectivity index (χ0n) is 13.2. The van der Waals surface area contributed by atoms with Crippen molar-refractivity contribution in [3.8, 4) is 0 Å². The molecule has 0 heterocycles. The summed E-state index contributed by atoms with van der Waals surface area (Å²) in [7, 11) is 0. The Morgan fingerprint density at radius 2 is 1.81 bits per heavy atom. The first-order valence-electron chi connectivity index (χ1n) is 6.96. The highest BCUT2D eigenvalue weighted by molar-refractivity contribution is 5.87.